The van der Waals surface area contributed by atoms with Gasteiger partial charge >= 0.3 is 0 Å². The highest BCUT2D eigenvalue weighted by Gasteiger charge is 2.13. The zero-order chi connectivity index (χ0) is 12.8. The Balaban J connectivity index is 2.01. The van der Waals surface area contributed by atoms with Crippen molar-refractivity contribution in [3.63, 3.8) is 0 Å². The van der Waals surface area contributed by atoms with Gasteiger partial charge in [-0.05, 0) is 24.3 Å². The van der Waals surface area contributed by atoms with E-state index >= 15 is 0 Å². The van der Waals surface area contributed by atoms with E-state index in [9.17, 15) is 0 Å². The molecular formula is C14H11N5. The molecular weight excluding hydrogens is 238 g/mol. The summed E-state index contributed by atoms with van der Waals surface area (Å²) in [4.78, 5) is 9.09. The van der Waals surface area contributed by atoms with Crippen molar-refractivity contribution in [1.29, 1.82) is 0 Å². The third-order valence-electron chi connectivity index (χ3n) is 3.17. The lowest BCUT2D eigenvalue weighted by Gasteiger charge is -1.94. The molecule has 0 fully saturated rings. The lowest BCUT2D eigenvalue weighted by atomic mass is 10.3. The highest BCUT2D eigenvalue weighted by Crippen LogP contribution is 2.25. The van der Waals surface area contributed by atoms with Crippen LogP contribution >= 0.6 is 0 Å². The van der Waals surface area contributed by atoms with Gasteiger partial charge in [0.25, 0.3) is 0 Å². The molecule has 0 aromatic carbocycles. The van der Waals surface area contributed by atoms with Crippen LogP contribution < -0.4 is 5.73 Å². The maximum atomic E-state index is 6.14. The van der Waals surface area contributed by atoms with Crippen molar-refractivity contribution in [2.24, 2.45) is 0 Å². The number of anilines is 1. The third kappa shape index (κ3) is 1.41. The Morgan fingerprint density at radius 3 is 2.47 bits per heavy atom. The second-order valence-electron chi connectivity index (χ2n) is 4.37. The first kappa shape index (κ1) is 10.1. The Morgan fingerprint density at radius 2 is 1.68 bits per heavy atom. The van der Waals surface area contributed by atoms with Crippen LogP contribution in [0.5, 0.6) is 0 Å². The van der Waals surface area contributed by atoms with Crippen LogP contribution in [0.2, 0.25) is 0 Å². The van der Waals surface area contributed by atoms with Crippen LogP contribution in [-0.4, -0.2) is 18.8 Å². The Bertz CT molecular complexity index is 854. The molecule has 0 atom stereocenters. The molecule has 4 heterocycles. The summed E-state index contributed by atoms with van der Waals surface area (Å²) in [6.07, 6.45) is 5.79. The molecule has 0 aliphatic rings. The van der Waals surface area contributed by atoms with E-state index in [-0.39, 0.29) is 0 Å². The Kier molecular flexibility index (Phi) is 1.91. The normalized spacial score (nSPS) is 11.4. The van der Waals surface area contributed by atoms with E-state index in [1.807, 2.05) is 63.8 Å². The number of hydrogen-bond donors (Lipinski definition) is 1. The molecule has 4 aromatic heterocycles. The average Bonchev–Trinajstić information content (AvgIpc) is 3.00. The fourth-order valence-electron chi connectivity index (χ4n) is 2.25. The van der Waals surface area contributed by atoms with Crippen molar-refractivity contribution in [3.8, 4) is 11.4 Å². The first-order valence-electron chi connectivity index (χ1n) is 5.99. The molecule has 2 N–H and O–H groups in total. The van der Waals surface area contributed by atoms with Crippen LogP contribution in [-0.2, 0) is 0 Å². The molecule has 0 bridgehead atoms. The highest BCUT2D eigenvalue weighted by molar-refractivity contribution is 5.73. The number of hydrogen-bond acceptors (Lipinski definition) is 3. The van der Waals surface area contributed by atoms with Gasteiger partial charge in [0.2, 0.25) is 0 Å². The van der Waals surface area contributed by atoms with Gasteiger partial charge in [0, 0.05) is 18.6 Å². The van der Waals surface area contributed by atoms with Gasteiger partial charge in [0.1, 0.15) is 28.5 Å². The van der Waals surface area contributed by atoms with Crippen LogP contribution in [0, 0.1) is 0 Å². The summed E-state index contributed by atoms with van der Waals surface area (Å²) in [7, 11) is 0. The van der Waals surface area contributed by atoms with Crippen LogP contribution in [0.1, 0.15) is 0 Å². The fourth-order valence-corrected chi connectivity index (χ4v) is 2.25. The quantitative estimate of drug-likeness (QED) is 0.562. The molecule has 0 saturated heterocycles. The summed E-state index contributed by atoms with van der Waals surface area (Å²) in [6.45, 7) is 0. The van der Waals surface area contributed by atoms with Crippen molar-refractivity contribution in [1.82, 2.24) is 18.8 Å². The molecule has 0 radical (unpaired) electrons. The van der Waals surface area contributed by atoms with Gasteiger partial charge in [0.05, 0.1) is 0 Å². The van der Waals surface area contributed by atoms with Crippen molar-refractivity contribution >= 4 is 17.1 Å². The van der Waals surface area contributed by atoms with E-state index in [1.54, 1.807) is 0 Å². The first-order chi connectivity index (χ1) is 9.33. The lowest BCUT2D eigenvalue weighted by molar-refractivity contribution is 1.19. The van der Waals surface area contributed by atoms with Gasteiger partial charge in [-0.3, -0.25) is 4.40 Å². The number of aromatic nitrogens is 4. The van der Waals surface area contributed by atoms with Crippen LogP contribution in [0.4, 0.5) is 5.82 Å². The molecule has 0 amide bonds. The molecule has 4 rings (SSSR count). The molecule has 0 aliphatic carbocycles. The predicted octanol–water partition coefficient (Wildman–Crippen LogP) is 2.23. The van der Waals surface area contributed by atoms with Crippen molar-refractivity contribution < 1.29 is 0 Å². The molecule has 0 spiro atoms. The number of imidazole rings is 2. The van der Waals surface area contributed by atoms with E-state index < -0.39 is 0 Å². The number of nitrogens with zero attached hydrogens (tertiary/aromatic N) is 4. The molecule has 5 nitrogen and oxygen atoms in total. The topological polar surface area (TPSA) is 60.6 Å². The van der Waals surface area contributed by atoms with Gasteiger partial charge < -0.3 is 10.1 Å². The number of rotatable bonds is 1. The van der Waals surface area contributed by atoms with E-state index in [1.165, 1.54) is 0 Å². The fraction of sp³-hybridized carbons (Fsp3) is 0. The summed E-state index contributed by atoms with van der Waals surface area (Å²) >= 11 is 0. The SMILES string of the molecule is Nc1c(-c2cn3ccccc3n2)nc2ccccn12. The maximum Gasteiger partial charge on any atom is 0.139 e. The average molecular weight is 249 g/mol. The minimum Gasteiger partial charge on any atom is -0.383 e. The van der Waals surface area contributed by atoms with E-state index in [2.05, 4.69) is 9.97 Å². The van der Waals surface area contributed by atoms with Crippen molar-refractivity contribution in [3.05, 3.63) is 55.0 Å². The third-order valence-corrected chi connectivity index (χ3v) is 3.17. The molecule has 4 aromatic rings. The number of fused-ring (bicyclic) bond motifs is 2. The standard InChI is InChI=1S/C14H11N5/c15-14-13(17-12-6-2-4-8-19(12)14)10-9-18-7-3-1-5-11(18)16-10/h1-9H,15H2. The summed E-state index contributed by atoms with van der Waals surface area (Å²) in [5.41, 5.74) is 9.36. The predicted molar refractivity (Wildman–Crippen MR) is 73.8 cm³/mol. The zero-order valence-corrected chi connectivity index (χ0v) is 10.1. The van der Waals surface area contributed by atoms with E-state index in [0.717, 1.165) is 22.7 Å². The summed E-state index contributed by atoms with van der Waals surface area (Å²) in [5, 5.41) is 0. The van der Waals surface area contributed by atoms with Crippen molar-refractivity contribution in [2.75, 3.05) is 5.73 Å². The molecule has 92 valence electrons. The molecule has 0 unspecified atom stereocenters. The Morgan fingerprint density at radius 1 is 0.895 bits per heavy atom. The van der Waals surface area contributed by atoms with E-state index in [4.69, 9.17) is 5.73 Å². The first-order valence-corrected chi connectivity index (χ1v) is 5.99. The number of nitrogens with two attached hydrogens (primary N) is 1. The largest absolute Gasteiger partial charge is 0.383 e. The van der Waals surface area contributed by atoms with Gasteiger partial charge in [-0.2, -0.15) is 0 Å². The van der Waals surface area contributed by atoms with Gasteiger partial charge in [-0.15, -0.1) is 0 Å². The van der Waals surface area contributed by atoms with Crippen LogP contribution in [0.25, 0.3) is 22.7 Å². The Hall–Kier alpha value is -2.82. The number of pyridine rings is 2. The molecule has 5 heteroatoms. The second kappa shape index (κ2) is 3.58. The highest BCUT2D eigenvalue weighted by atomic mass is 15.1. The minimum absolute atomic E-state index is 0.610. The molecule has 0 saturated carbocycles. The van der Waals surface area contributed by atoms with Gasteiger partial charge in [0.15, 0.2) is 0 Å². The van der Waals surface area contributed by atoms with Crippen LogP contribution in [0.15, 0.2) is 55.0 Å². The van der Waals surface area contributed by atoms with E-state index in [0.29, 0.717) is 5.82 Å². The summed E-state index contributed by atoms with van der Waals surface area (Å²) < 4.78 is 3.82. The zero-order valence-electron chi connectivity index (χ0n) is 10.1. The smallest absolute Gasteiger partial charge is 0.139 e. The second-order valence-corrected chi connectivity index (χ2v) is 4.37. The summed E-state index contributed by atoms with van der Waals surface area (Å²) in [5.74, 6) is 0.610. The summed E-state index contributed by atoms with van der Waals surface area (Å²) in [6, 6.07) is 11.7. The van der Waals surface area contributed by atoms with Crippen molar-refractivity contribution in [2.45, 2.75) is 0 Å². The lowest BCUT2D eigenvalue weighted by Crippen LogP contribution is -1.93. The van der Waals surface area contributed by atoms with Gasteiger partial charge in [-0.1, -0.05) is 12.1 Å². The monoisotopic (exact) mass is 249 g/mol. The number of nitrogen functional groups attached to an aromatic ring is 1. The molecule has 0 aliphatic heterocycles. The molecule has 19 heavy (non-hydrogen) atoms. The Labute approximate surface area is 109 Å². The minimum atomic E-state index is 0.610. The van der Waals surface area contributed by atoms with Crippen LogP contribution in [0.3, 0.4) is 0 Å². The maximum absolute atomic E-state index is 6.14. The van der Waals surface area contributed by atoms with Gasteiger partial charge in [-0.25, -0.2) is 9.97 Å².